The molecular formula is C28H34Cl2N2O5S. The minimum absolute atomic E-state index is 0.144. The second-order valence-corrected chi connectivity index (χ2v) is 12.9. The third-order valence-corrected chi connectivity index (χ3v) is 9.29. The Bertz CT molecular complexity index is 1240. The Morgan fingerprint density at radius 1 is 1.16 bits per heavy atom. The van der Waals surface area contributed by atoms with Crippen LogP contribution in [-0.2, 0) is 20.5 Å². The van der Waals surface area contributed by atoms with Gasteiger partial charge in [0.15, 0.2) is 0 Å². The molecule has 1 saturated carbocycles. The molecule has 0 spiro atoms. The topological polar surface area (TPSA) is 104 Å². The van der Waals surface area contributed by atoms with Gasteiger partial charge >= 0.3 is 5.97 Å². The average Bonchev–Trinajstić information content (AvgIpc) is 3.67. The van der Waals surface area contributed by atoms with E-state index in [1.54, 1.807) is 29.4 Å². The van der Waals surface area contributed by atoms with Gasteiger partial charge in [0.25, 0.3) is 0 Å². The number of carboxylic acids is 1. The maximum atomic E-state index is 13.3. The molecule has 1 saturated heterocycles. The van der Waals surface area contributed by atoms with E-state index in [0.29, 0.717) is 35.3 Å². The third-order valence-electron chi connectivity index (χ3n) is 7.94. The molecular weight excluding hydrogens is 547 g/mol. The summed E-state index contributed by atoms with van der Waals surface area (Å²) in [6.07, 6.45) is 2.56. The molecule has 0 bridgehead atoms. The quantitative estimate of drug-likeness (QED) is 0.306. The number of piperidine rings is 1. The standard InChI is InChI=1S/C28H34Cl2N2O5S/c1-17(12-24(19-8-10-21(29)11-9-19)32(38(36)37)16-18-6-7-18)26-23(20-4-3-5-22(30)13-20)14-28(2,15-25(33)34)27(35)31-26/h3-5,8-11,13,17-18,23-24,26,38H,6-7,12,14-16H2,1-2H3,(H,31,35)(H,33,34). The minimum atomic E-state index is -2.84. The molecule has 1 aliphatic carbocycles. The predicted octanol–water partition coefficient (Wildman–Crippen LogP) is 5.45. The summed E-state index contributed by atoms with van der Waals surface area (Å²) in [5.41, 5.74) is 0.679. The van der Waals surface area contributed by atoms with Crippen molar-refractivity contribution >= 4 is 46.0 Å². The number of nitrogens with zero attached hydrogens (tertiary/aromatic N) is 1. The summed E-state index contributed by atoms with van der Waals surface area (Å²) in [5, 5.41) is 13.8. The van der Waals surface area contributed by atoms with Gasteiger partial charge in [-0.3, -0.25) is 9.59 Å². The van der Waals surface area contributed by atoms with Gasteiger partial charge in [0.05, 0.1) is 11.8 Å². The first-order valence-electron chi connectivity index (χ1n) is 12.9. The number of carboxylic acid groups (broad SMARTS) is 1. The van der Waals surface area contributed by atoms with Gasteiger partial charge < -0.3 is 10.4 Å². The van der Waals surface area contributed by atoms with Crippen LogP contribution in [-0.4, -0.2) is 42.3 Å². The van der Waals surface area contributed by atoms with Crippen LogP contribution in [0.4, 0.5) is 0 Å². The summed E-state index contributed by atoms with van der Waals surface area (Å²) in [6.45, 7) is 4.16. The first-order chi connectivity index (χ1) is 18.0. The van der Waals surface area contributed by atoms with Crippen molar-refractivity contribution in [2.24, 2.45) is 17.3 Å². The van der Waals surface area contributed by atoms with Crippen molar-refractivity contribution < 1.29 is 23.1 Å². The number of thiol groups is 1. The molecule has 38 heavy (non-hydrogen) atoms. The fourth-order valence-electron chi connectivity index (χ4n) is 5.70. The number of hydrogen-bond acceptors (Lipinski definition) is 4. The lowest BCUT2D eigenvalue weighted by molar-refractivity contribution is -0.147. The summed E-state index contributed by atoms with van der Waals surface area (Å²) in [6, 6.07) is 13.9. The zero-order chi connectivity index (χ0) is 27.6. The SMILES string of the molecule is CC(CC(c1ccc(Cl)cc1)N(CC1CC1)[SH](=O)=O)C1NC(=O)C(C)(CC(=O)O)CC1c1cccc(Cl)c1. The highest BCUT2D eigenvalue weighted by Crippen LogP contribution is 2.45. The highest BCUT2D eigenvalue weighted by molar-refractivity contribution is 7.69. The number of benzene rings is 2. The molecule has 206 valence electrons. The summed E-state index contributed by atoms with van der Waals surface area (Å²) in [7, 11) is -2.84. The van der Waals surface area contributed by atoms with Gasteiger partial charge in [0.1, 0.15) is 0 Å². The van der Waals surface area contributed by atoms with Crippen molar-refractivity contribution in [3.63, 3.8) is 0 Å². The number of rotatable bonds is 11. The summed E-state index contributed by atoms with van der Waals surface area (Å²) < 4.78 is 26.5. The van der Waals surface area contributed by atoms with Gasteiger partial charge in [-0.25, -0.2) is 8.42 Å². The van der Waals surface area contributed by atoms with Crippen LogP contribution in [0.2, 0.25) is 10.0 Å². The summed E-state index contributed by atoms with van der Waals surface area (Å²) in [4.78, 5) is 24.9. The van der Waals surface area contributed by atoms with Gasteiger partial charge in [-0.1, -0.05) is 61.3 Å². The molecule has 2 aromatic carbocycles. The maximum Gasteiger partial charge on any atom is 0.304 e. The smallest absolute Gasteiger partial charge is 0.304 e. The van der Waals surface area contributed by atoms with Crippen molar-refractivity contribution in [3.8, 4) is 0 Å². The van der Waals surface area contributed by atoms with Gasteiger partial charge in [-0.05, 0) is 72.9 Å². The largest absolute Gasteiger partial charge is 0.481 e. The Morgan fingerprint density at radius 2 is 1.84 bits per heavy atom. The van der Waals surface area contributed by atoms with E-state index in [1.165, 1.54) is 0 Å². The Hall–Kier alpha value is -2.13. The lowest BCUT2D eigenvalue weighted by atomic mass is 9.67. The molecule has 2 aromatic rings. The number of hydrogen-bond donors (Lipinski definition) is 3. The monoisotopic (exact) mass is 580 g/mol. The molecule has 2 fully saturated rings. The fraction of sp³-hybridized carbons (Fsp3) is 0.500. The Labute approximate surface area is 235 Å². The molecule has 2 aliphatic rings. The number of amides is 1. The Morgan fingerprint density at radius 3 is 2.42 bits per heavy atom. The number of carbonyl (C=O) groups excluding carboxylic acids is 1. The molecule has 5 unspecified atom stereocenters. The van der Waals surface area contributed by atoms with Gasteiger partial charge in [0, 0.05) is 34.6 Å². The molecule has 2 N–H and O–H groups in total. The van der Waals surface area contributed by atoms with Crippen LogP contribution in [0.5, 0.6) is 0 Å². The zero-order valence-corrected chi connectivity index (χ0v) is 23.9. The molecule has 0 aromatic heterocycles. The second kappa shape index (κ2) is 11.9. The molecule has 0 radical (unpaired) electrons. The molecule has 1 heterocycles. The zero-order valence-electron chi connectivity index (χ0n) is 21.5. The van der Waals surface area contributed by atoms with E-state index in [-0.39, 0.29) is 30.2 Å². The lowest BCUT2D eigenvalue weighted by Gasteiger charge is -2.45. The number of aliphatic carboxylic acids is 1. The lowest BCUT2D eigenvalue weighted by Crippen LogP contribution is -2.56. The first-order valence-corrected chi connectivity index (χ1v) is 14.8. The van der Waals surface area contributed by atoms with E-state index in [9.17, 15) is 23.1 Å². The molecule has 1 amide bonds. The summed E-state index contributed by atoms with van der Waals surface area (Å²) >= 11 is 12.4. The van der Waals surface area contributed by atoms with Crippen LogP contribution in [0.25, 0.3) is 0 Å². The van der Waals surface area contributed by atoms with E-state index in [1.807, 2.05) is 37.3 Å². The molecule has 4 rings (SSSR count). The van der Waals surface area contributed by atoms with Crippen molar-refractivity contribution in [2.75, 3.05) is 6.54 Å². The predicted molar refractivity (Wildman–Crippen MR) is 149 cm³/mol. The molecule has 7 nitrogen and oxygen atoms in total. The van der Waals surface area contributed by atoms with E-state index in [2.05, 4.69) is 5.32 Å². The van der Waals surface area contributed by atoms with Crippen molar-refractivity contribution in [1.29, 1.82) is 0 Å². The van der Waals surface area contributed by atoms with Crippen LogP contribution >= 0.6 is 23.2 Å². The van der Waals surface area contributed by atoms with E-state index >= 15 is 0 Å². The normalized spacial score (nSPS) is 25.3. The number of carbonyl (C=O) groups is 2. The fourth-order valence-corrected chi connectivity index (χ4v) is 6.85. The van der Waals surface area contributed by atoms with Crippen LogP contribution in [0.3, 0.4) is 0 Å². The highest BCUT2D eigenvalue weighted by atomic mass is 35.5. The first kappa shape index (κ1) is 28.9. The van der Waals surface area contributed by atoms with Crippen molar-refractivity contribution in [3.05, 3.63) is 69.7 Å². The van der Waals surface area contributed by atoms with Crippen LogP contribution in [0, 0.1) is 17.3 Å². The average molecular weight is 582 g/mol. The van der Waals surface area contributed by atoms with Crippen molar-refractivity contribution in [1.82, 2.24) is 9.62 Å². The number of nitrogens with one attached hydrogen (secondary N) is 1. The van der Waals surface area contributed by atoms with E-state index < -0.39 is 28.3 Å². The highest BCUT2D eigenvalue weighted by Gasteiger charge is 2.47. The summed E-state index contributed by atoms with van der Waals surface area (Å²) in [5.74, 6) is -1.32. The van der Waals surface area contributed by atoms with Gasteiger partial charge in [-0.2, -0.15) is 4.31 Å². The molecule has 10 heteroatoms. The van der Waals surface area contributed by atoms with Gasteiger partial charge in [-0.15, -0.1) is 0 Å². The minimum Gasteiger partial charge on any atom is -0.481 e. The van der Waals surface area contributed by atoms with Crippen LogP contribution < -0.4 is 5.32 Å². The Balaban J connectivity index is 1.68. The Kier molecular flexibility index (Phi) is 9.07. The maximum absolute atomic E-state index is 13.3. The van der Waals surface area contributed by atoms with Crippen molar-refractivity contribution in [2.45, 2.75) is 64.0 Å². The van der Waals surface area contributed by atoms with E-state index in [0.717, 1.165) is 24.0 Å². The van der Waals surface area contributed by atoms with Gasteiger partial charge in [0.2, 0.25) is 16.8 Å². The third kappa shape index (κ3) is 6.89. The second-order valence-electron chi connectivity index (χ2n) is 11.1. The molecule has 5 atom stereocenters. The van der Waals surface area contributed by atoms with Crippen LogP contribution in [0.15, 0.2) is 48.5 Å². The van der Waals surface area contributed by atoms with E-state index in [4.69, 9.17) is 23.2 Å². The molecule has 1 aliphatic heterocycles. The number of halogens is 2. The van der Waals surface area contributed by atoms with Crippen LogP contribution in [0.1, 0.15) is 69.0 Å².